The van der Waals surface area contributed by atoms with Gasteiger partial charge in [0.05, 0.1) is 48.9 Å². The molecule has 4 heterocycles. The number of pyridine rings is 2. The van der Waals surface area contributed by atoms with Crippen LogP contribution in [0, 0.1) is 19.7 Å². The maximum absolute atomic E-state index is 14.2. The van der Waals surface area contributed by atoms with Crippen LogP contribution < -0.4 is 15.6 Å². The van der Waals surface area contributed by atoms with E-state index in [2.05, 4.69) is 41.8 Å². The third-order valence-electron chi connectivity index (χ3n) is 5.86. The van der Waals surface area contributed by atoms with Crippen LogP contribution in [-0.2, 0) is 4.74 Å². The van der Waals surface area contributed by atoms with Gasteiger partial charge in [-0.05, 0) is 55.3 Å². The highest BCUT2D eigenvalue weighted by atomic mass is 35.5. The van der Waals surface area contributed by atoms with Crippen molar-refractivity contribution in [2.45, 2.75) is 13.8 Å². The lowest BCUT2D eigenvalue weighted by atomic mass is 10.0. The first-order valence-electron chi connectivity index (χ1n) is 12.1. The fourth-order valence-corrected chi connectivity index (χ4v) is 4.34. The molecule has 1 fully saturated rings. The van der Waals surface area contributed by atoms with E-state index in [1.54, 1.807) is 6.20 Å². The molecule has 194 valence electrons. The number of hydrazone groups is 1. The van der Waals surface area contributed by atoms with E-state index in [9.17, 15) is 4.39 Å². The molecule has 9 nitrogen and oxygen atoms in total. The molecule has 0 radical (unpaired) electrons. The number of halogens is 2. The number of benzene rings is 1. The number of nitrogens with one attached hydrogen (secondary N) is 2. The van der Waals surface area contributed by atoms with Gasteiger partial charge in [0.1, 0.15) is 0 Å². The van der Waals surface area contributed by atoms with Gasteiger partial charge in [0, 0.05) is 35.6 Å². The van der Waals surface area contributed by atoms with E-state index in [4.69, 9.17) is 16.3 Å². The molecule has 3 aromatic heterocycles. The summed E-state index contributed by atoms with van der Waals surface area (Å²) >= 11 is 6.40. The van der Waals surface area contributed by atoms with Gasteiger partial charge in [-0.25, -0.2) is 14.8 Å². The number of ether oxygens (including phenoxy) is 1. The Balaban J connectivity index is 1.24. The van der Waals surface area contributed by atoms with Gasteiger partial charge in [-0.3, -0.25) is 9.97 Å². The van der Waals surface area contributed by atoms with Crippen molar-refractivity contribution in [2.24, 2.45) is 5.10 Å². The van der Waals surface area contributed by atoms with E-state index in [-0.39, 0.29) is 11.8 Å². The summed E-state index contributed by atoms with van der Waals surface area (Å²) < 4.78 is 19.5. The van der Waals surface area contributed by atoms with Gasteiger partial charge in [0.2, 0.25) is 5.95 Å². The zero-order valence-electron chi connectivity index (χ0n) is 20.9. The maximum atomic E-state index is 14.2. The van der Waals surface area contributed by atoms with Crippen LogP contribution in [0.15, 0.2) is 60.1 Å². The minimum absolute atomic E-state index is 0.192. The monoisotopic (exact) mass is 532 g/mol. The SMILES string of the molecule is Cc1cnc(-c2cc(Cl)cc(Nc3ccc(/C=N/Nc4ncc(F)c(N5CCOCC5)n4)nc3)c2)c(C)c1. The number of morpholine rings is 1. The first kappa shape index (κ1) is 25.5. The van der Waals surface area contributed by atoms with E-state index in [0.717, 1.165) is 40.0 Å². The van der Waals surface area contributed by atoms with Gasteiger partial charge >= 0.3 is 0 Å². The zero-order valence-corrected chi connectivity index (χ0v) is 21.7. The van der Waals surface area contributed by atoms with Crippen molar-refractivity contribution in [2.75, 3.05) is 41.9 Å². The van der Waals surface area contributed by atoms with Crippen LogP contribution >= 0.6 is 11.6 Å². The molecule has 1 aliphatic heterocycles. The fourth-order valence-electron chi connectivity index (χ4n) is 4.10. The molecule has 0 aliphatic carbocycles. The van der Waals surface area contributed by atoms with Crippen LogP contribution in [0.3, 0.4) is 0 Å². The van der Waals surface area contributed by atoms with Crippen LogP contribution in [0.1, 0.15) is 16.8 Å². The summed E-state index contributed by atoms with van der Waals surface area (Å²) in [5, 5.41) is 8.08. The molecule has 0 amide bonds. The van der Waals surface area contributed by atoms with Crippen LogP contribution in [0.25, 0.3) is 11.3 Å². The maximum Gasteiger partial charge on any atom is 0.245 e. The summed E-state index contributed by atoms with van der Waals surface area (Å²) in [4.78, 5) is 19.0. The Bertz CT molecular complexity index is 1460. The second-order valence-corrected chi connectivity index (χ2v) is 9.27. The first-order valence-corrected chi connectivity index (χ1v) is 12.4. The molecule has 4 aromatic rings. The van der Waals surface area contributed by atoms with Gasteiger partial charge < -0.3 is 15.0 Å². The molecule has 2 N–H and O–H groups in total. The highest BCUT2D eigenvalue weighted by Gasteiger charge is 2.17. The van der Waals surface area contributed by atoms with E-state index >= 15 is 0 Å². The van der Waals surface area contributed by atoms with E-state index in [0.29, 0.717) is 37.0 Å². The lowest BCUT2D eigenvalue weighted by Crippen LogP contribution is -2.37. The second kappa shape index (κ2) is 11.5. The van der Waals surface area contributed by atoms with Gasteiger partial charge in [0.15, 0.2) is 11.6 Å². The molecule has 5 rings (SSSR count). The Labute approximate surface area is 224 Å². The average Bonchev–Trinajstić information content (AvgIpc) is 2.91. The van der Waals surface area contributed by atoms with Crippen molar-refractivity contribution in [3.8, 4) is 11.3 Å². The standard InChI is InChI=1S/C27H26ClFN8O/c1-17-9-18(2)25(31-13-17)19-10-20(28)12-23(11-19)34-22-4-3-21(30-14-22)15-33-36-27-32-16-24(29)26(35-27)37-5-7-38-8-6-37/h3-4,9-16,34H,5-8H2,1-2H3,(H,32,35,36)/b33-15+. The van der Waals surface area contributed by atoms with Crippen molar-refractivity contribution < 1.29 is 9.13 Å². The molecule has 1 saturated heterocycles. The van der Waals surface area contributed by atoms with E-state index in [1.165, 1.54) is 6.21 Å². The third-order valence-corrected chi connectivity index (χ3v) is 6.08. The van der Waals surface area contributed by atoms with Gasteiger partial charge in [0.25, 0.3) is 0 Å². The van der Waals surface area contributed by atoms with E-state index < -0.39 is 5.82 Å². The molecule has 0 bridgehead atoms. The van der Waals surface area contributed by atoms with Crippen molar-refractivity contribution >= 4 is 41.0 Å². The molecule has 0 unspecified atom stereocenters. The predicted molar refractivity (Wildman–Crippen MR) is 148 cm³/mol. The molecule has 11 heteroatoms. The van der Waals surface area contributed by atoms with Crippen LogP contribution in [-0.4, -0.2) is 52.5 Å². The molecular formula is C27H26ClFN8O. The highest BCUT2D eigenvalue weighted by molar-refractivity contribution is 6.31. The highest BCUT2D eigenvalue weighted by Crippen LogP contribution is 2.30. The quantitative estimate of drug-likeness (QED) is 0.242. The fraction of sp³-hybridized carbons (Fsp3) is 0.222. The summed E-state index contributed by atoms with van der Waals surface area (Å²) in [6.07, 6.45) is 6.21. The lowest BCUT2D eigenvalue weighted by molar-refractivity contribution is 0.122. The summed E-state index contributed by atoms with van der Waals surface area (Å²) in [6, 6.07) is 11.5. The first-order chi connectivity index (χ1) is 18.4. The molecule has 1 aliphatic rings. The predicted octanol–water partition coefficient (Wildman–Crippen LogP) is 5.37. The molecule has 0 atom stereocenters. The van der Waals surface area contributed by atoms with E-state index in [1.807, 2.05) is 55.3 Å². The Hall–Kier alpha value is -4.15. The zero-order chi connectivity index (χ0) is 26.5. The number of anilines is 4. The largest absolute Gasteiger partial charge is 0.378 e. The van der Waals surface area contributed by atoms with Crippen molar-refractivity contribution in [1.29, 1.82) is 0 Å². The molecule has 38 heavy (non-hydrogen) atoms. The number of hydrogen-bond donors (Lipinski definition) is 2. The Kier molecular flexibility index (Phi) is 7.71. The smallest absolute Gasteiger partial charge is 0.245 e. The third kappa shape index (κ3) is 6.21. The number of aromatic nitrogens is 4. The molecule has 1 aromatic carbocycles. The van der Waals surface area contributed by atoms with Crippen molar-refractivity contribution in [1.82, 2.24) is 19.9 Å². The minimum atomic E-state index is -0.483. The molecule has 0 saturated carbocycles. The van der Waals surface area contributed by atoms with Gasteiger partial charge in [-0.1, -0.05) is 17.7 Å². The number of aryl methyl sites for hydroxylation is 2. The molecule has 0 spiro atoms. The Morgan fingerprint density at radius 2 is 1.84 bits per heavy atom. The summed E-state index contributed by atoms with van der Waals surface area (Å²) in [6.45, 7) is 6.25. The Morgan fingerprint density at radius 1 is 1.00 bits per heavy atom. The minimum Gasteiger partial charge on any atom is -0.378 e. The van der Waals surface area contributed by atoms with Gasteiger partial charge in [-0.2, -0.15) is 10.1 Å². The number of nitrogens with zero attached hydrogens (tertiary/aromatic N) is 6. The lowest BCUT2D eigenvalue weighted by Gasteiger charge is -2.27. The van der Waals surface area contributed by atoms with Crippen LogP contribution in [0.5, 0.6) is 0 Å². The summed E-state index contributed by atoms with van der Waals surface area (Å²) in [5.74, 6) is -0.0622. The summed E-state index contributed by atoms with van der Waals surface area (Å²) in [7, 11) is 0. The molecular weight excluding hydrogens is 507 g/mol. The van der Waals surface area contributed by atoms with Crippen molar-refractivity contribution in [3.05, 3.63) is 82.6 Å². The van der Waals surface area contributed by atoms with Crippen LogP contribution in [0.2, 0.25) is 5.02 Å². The van der Waals surface area contributed by atoms with Crippen molar-refractivity contribution in [3.63, 3.8) is 0 Å². The van der Waals surface area contributed by atoms with Crippen LogP contribution in [0.4, 0.5) is 27.5 Å². The normalized spacial score (nSPS) is 13.6. The topological polar surface area (TPSA) is 100 Å². The van der Waals surface area contributed by atoms with Gasteiger partial charge in [-0.15, -0.1) is 0 Å². The second-order valence-electron chi connectivity index (χ2n) is 8.84. The number of hydrogen-bond acceptors (Lipinski definition) is 9. The average molecular weight is 533 g/mol. The number of rotatable bonds is 7. The Morgan fingerprint density at radius 3 is 2.61 bits per heavy atom. The summed E-state index contributed by atoms with van der Waals surface area (Å²) in [5.41, 5.74) is 8.98.